The first kappa shape index (κ1) is 11.2. The molecule has 0 fully saturated rings. The maximum atomic E-state index is 3.85. The molecule has 0 unspecified atom stereocenters. The van der Waals surface area contributed by atoms with E-state index in [0.29, 0.717) is 0 Å². The summed E-state index contributed by atoms with van der Waals surface area (Å²) in [5.41, 5.74) is 0. The number of unbranched alkanes of at least 4 members (excludes halogenated alkanes) is 1. The van der Waals surface area contributed by atoms with Gasteiger partial charge in [-0.1, -0.05) is 0 Å². The minimum Gasteiger partial charge on any atom is 1.00 e. The molecule has 7 heavy (non-hydrogen) atoms. The first-order valence-corrected chi connectivity index (χ1v) is 5.58. The normalized spacial score (nSPS) is 7.71. The van der Waals surface area contributed by atoms with E-state index < -0.39 is 0 Å². The van der Waals surface area contributed by atoms with E-state index in [2.05, 4.69) is 11.9 Å². The van der Waals surface area contributed by atoms with Crippen LogP contribution in [0.4, 0.5) is 0 Å². The first-order chi connectivity index (χ1) is 2.91. The van der Waals surface area contributed by atoms with E-state index in [1.54, 1.807) is 0 Å². The van der Waals surface area contributed by atoms with Crippen LogP contribution in [0, 0.1) is 4.97 Å². The van der Waals surface area contributed by atoms with Gasteiger partial charge in [0.05, 0.1) is 0 Å². The van der Waals surface area contributed by atoms with Crippen molar-refractivity contribution in [3.63, 3.8) is 0 Å². The number of rotatable bonds is 3. The van der Waals surface area contributed by atoms with Crippen LogP contribution in [0.15, 0.2) is 0 Å². The summed E-state index contributed by atoms with van der Waals surface area (Å²) in [4.78, 5) is 3.85. The standard InChI is InChI=1S/C5H11Te.Li/c1-3-4-5-6-2;/h2-5H2,1H3;/q-1;+1. The van der Waals surface area contributed by atoms with E-state index in [0.717, 1.165) is 0 Å². The Hall–Kier alpha value is 1.39. The summed E-state index contributed by atoms with van der Waals surface area (Å²) < 4.78 is 1.43. The zero-order chi connectivity index (χ0) is 4.83. The second kappa shape index (κ2) is 10.4. The van der Waals surface area contributed by atoms with Gasteiger partial charge >= 0.3 is 69.0 Å². The summed E-state index contributed by atoms with van der Waals surface area (Å²) in [6, 6.07) is 0. The van der Waals surface area contributed by atoms with Crippen LogP contribution in [0.2, 0.25) is 4.47 Å². The minimum absolute atomic E-state index is 0. The third-order valence-electron chi connectivity index (χ3n) is 0.642. The predicted octanol–water partition coefficient (Wildman–Crippen LogP) is -1.30. The monoisotopic (exact) mass is 208 g/mol. The van der Waals surface area contributed by atoms with Crippen molar-refractivity contribution in [3.8, 4) is 0 Å². The van der Waals surface area contributed by atoms with Crippen molar-refractivity contribution in [1.82, 2.24) is 0 Å². The van der Waals surface area contributed by atoms with Crippen molar-refractivity contribution < 1.29 is 18.9 Å². The van der Waals surface area contributed by atoms with Crippen LogP contribution in [0.5, 0.6) is 0 Å². The molecule has 0 aliphatic rings. The summed E-state index contributed by atoms with van der Waals surface area (Å²) in [6.07, 6.45) is 2.76. The van der Waals surface area contributed by atoms with Gasteiger partial charge in [0.25, 0.3) is 0 Å². The Bertz CT molecular complexity index is 20.0. The number of hydrogen-bond donors (Lipinski definition) is 0. The first-order valence-electron chi connectivity index (χ1n) is 2.28. The summed E-state index contributed by atoms with van der Waals surface area (Å²) in [5.74, 6) is 0. The van der Waals surface area contributed by atoms with E-state index >= 15 is 0 Å². The Labute approximate surface area is 68.7 Å². The van der Waals surface area contributed by atoms with Crippen LogP contribution < -0.4 is 18.9 Å². The third kappa shape index (κ3) is 11.1. The van der Waals surface area contributed by atoms with E-state index in [-0.39, 0.29) is 39.8 Å². The second-order valence-corrected chi connectivity index (χ2v) is 3.59. The maximum absolute atomic E-state index is 3.85. The van der Waals surface area contributed by atoms with Gasteiger partial charge in [-0.05, 0) is 0 Å². The molecule has 0 saturated heterocycles. The molecule has 0 nitrogen and oxygen atoms in total. The van der Waals surface area contributed by atoms with Crippen molar-refractivity contribution in [2.45, 2.75) is 24.2 Å². The van der Waals surface area contributed by atoms with Gasteiger partial charge in [0.15, 0.2) is 0 Å². The Morgan fingerprint density at radius 2 is 2.14 bits per heavy atom. The quantitative estimate of drug-likeness (QED) is 0.306. The molecule has 0 aromatic carbocycles. The van der Waals surface area contributed by atoms with Gasteiger partial charge in [-0.15, -0.1) is 0 Å². The van der Waals surface area contributed by atoms with E-state index in [4.69, 9.17) is 0 Å². The molecule has 0 rings (SSSR count). The second-order valence-electron chi connectivity index (χ2n) is 1.26. The summed E-state index contributed by atoms with van der Waals surface area (Å²) in [5, 5.41) is 0. The molecule has 0 atom stereocenters. The van der Waals surface area contributed by atoms with Crippen LogP contribution in [0.1, 0.15) is 19.8 Å². The zero-order valence-corrected chi connectivity index (χ0v) is 7.57. The summed E-state index contributed by atoms with van der Waals surface area (Å²) in [6.45, 7) is 2.22. The largest absolute Gasteiger partial charge is 1.00 e. The average molecular weight is 206 g/mol. The molecule has 2 heteroatoms. The van der Waals surface area contributed by atoms with Gasteiger partial charge in [-0.25, -0.2) is 0 Å². The molecular formula is C5H11LiTe. The predicted molar refractivity (Wildman–Crippen MR) is 30.8 cm³/mol. The topological polar surface area (TPSA) is 0 Å². The Morgan fingerprint density at radius 1 is 1.57 bits per heavy atom. The molecule has 0 saturated carbocycles. The van der Waals surface area contributed by atoms with E-state index in [1.807, 2.05) is 0 Å². The molecule has 0 aromatic rings. The Balaban J connectivity index is 0. The Morgan fingerprint density at radius 3 is 2.29 bits per heavy atom. The fraction of sp³-hybridized carbons (Fsp3) is 0.800. The van der Waals surface area contributed by atoms with Crippen molar-refractivity contribution >= 4 is 20.9 Å². The van der Waals surface area contributed by atoms with Gasteiger partial charge < -0.3 is 0 Å². The van der Waals surface area contributed by atoms with Crippen LogP contribution in [-0.2, 0) is 0 Å². The fourth-order valence-electron chi connectivity index (χ4n) is 0.246. The van der Waals surface area contributed by atoms with Gasteiger partial charge in [0, 0.05) is 0 Å². The molecule has 0 aliphatic heterocycles. The molecule has 0 heterocycles. The molecule has 0 aliphatic carbocycles. The van der Waals surface area contributed by atoms with Gasteiger partial charge in [-0.2, -0.15) is 0 Å². The molecule has 0 radical (unpaired) electrons. The van der Waals surface area contributed by atoms with Gasteiger partial charge in [-0.3, -0.25) is 0 Å². The van der Waals surface area contributed by atoms with E-state index in [9.17, 15) is 0 Å². The van der Waals surface area contributed by atoms with Gasteiger partial charge in [0.2, 0.25) is 0 Å². The molecule has 0 amide bonds. The van der Waals surface area contributed by atoms with Crippen LogP contribution >= 0.6 is 0 Å². The van der Waals surface area contributed by atoms with Crippen LogP contribution in [-0.4, -0.2) is 20.9 Å². The van der Waals surface area contributed by atoms with Crippen LogP contribution in [0.25, 0.3) is 0 Å². The SMILES string of the molecule is [CH2-][Te]CCCC.[Li+]. The molecule has 0 aromatic heterocycles. The van der Waals surface area contributed by atoms with E-state index in [1.165, 1.54) is 17.3 Å². The smallest absolute Gasteiger partial charge is 1.00 e. The van der Waals surface area contributed by atoms with Crippen molar-refractivity contribution in [2.75, 3.05) is 0 Å². The summed E-state index contributed by atoms with van der Waals surface area (Å²) in [7, 11) is 0. The molecule has 0 N–H and O–H groups in total. The van der Waals surface area contributed by atoms with Crippen molar-refractivity contribution in [1.29, 1.82) is 0 Å². The fourth-order valence-corrected chi connectivity index (χ4v) is 1.65. The third-order valence-corrected chi connectivity index (χ3v) is 2.29. The molecule has 0 spiro atoms. The molecular weight excluding hydrogens is 195 g/mol. The van der Waals surface area contributed by atoms with Crippen molar-refractivity contribution in [2.24, 2.45) is 0 Å². The summed E-state index contributed by atoms with van der Waals surface area (Å²) >= 11 is 0.214. The Kier molecular flexibility index (Phi) is 16.6. The molecule has 38 valence electrons. The zero-order valence-electron chi connectivity index (χ0n) is 5.24. The number of hydrogen-bond acceptors (Lipinski definition) is 0. The maximum Gasteiger partial charge on any atom is 1.00 e. The van der Waals surface area contributed by atoms with Crippen molar-refractivity contribution in [3.05, 3.63) is 4.97 Å². The van der Waals surface area contributed by atoms with Gasteiger partial charge in [0.1, 0.15) is 0 Å². The molecule has 0 bridgehead atoms. The minimum atomic E-state index is 0. The average Bonchev–Trinajstić information content (AvgIpc) is 1.61. The van der Waals surface area contributed by atoms with Crippen LogP contribution in [0.3, 0.4) is 0 Å².